The van der Waals surface area contributed by atoms with Crippen LogP contribution in [0.2, 0.25) is 0 Å². The minimum atomic E-state index is -4.42. The predicted octanol–water partition coefficient (Wildman–Crippen LogP) is 2.66. The summed E-state index contributed by atoms with van der Waals surface area (Å²) in [6, 6.07) is 0.343. The average molecular weight is 323 g/mol. The Bertz CT molecular complexity index is 476. The molecule has 21 heavy (non-hydrogen) atoms. The maximum atomic E-state index is 13.0. The van der Waals surface area contributed by atoms with E-state index in [4.69, 9.17) is 4.74 Å². The van der Waals surface area contributed by atoms with Gasteiger partial charge in [0, 0.05) is 25.7 Å². The van der Waals surface area contributed by atoms with E-state index in [0.717, 1.165) is 17.9 Å². The standard InChI is InChI=1S/C13H20F3N3OS/c1-8(2)19-4-5-20-9(7-19)12-18-11(13(14,15)16)10(21-12)6-17-3/h8-9,17H,4-7H2,1-3H3. The topological polar surface area (TPSA) is 37.4 Å². The van der Waals surface area contributed by atoms with E-state index in [2.05, 4.69) is 29.0 Å². The average Bonchev–Trinajstić information content (AvgIpc) is 2.83. The molecule has 2 heterocycles. The fourth-order valence-electron chi connectivity index (χ4n) is 2.30. The second kappa shape index (κ2) is 6.60. The first-order valence-electron chi connectivity index (χ1n) is 6.90. The van der Waals surface area contributed by atoms with Crippen LogP contribution >= 0.6 is 11.3 Å². The summed E-state index contributed by atoms with van der Waals surface area (Å²) in [5, 5.41) is 3.17. The van der Waals surface area contributed by atoms with Gasteiger partial charge in [-0.2, -0.15) is 13.2 Å². The van der Waals surface area contributed by atoms with Crippen LogP contribution in [-0.2, 0) is 17.5 Å². The number of nitrogens with zero attached hydrogens (tertiary/aromatic N) is 2. The Kier molecular flexibility index (Phi) is 5.24. The Hall–Kier alpha value is -0.700. The van der Waals surface area contributed by atoms with Crippen molar-refractivity contribution in [3.8, 4) is 0 Å². The molecular weight excluding hydrogens is 303 g/mol. The molecular formula is C13H20F3N3OS. The quantitative estimate of drug-likeness (QED) is 0.924. The van der Waals surface area contributed by atoms with Gasteiger partial charge in [0.25, 0.3) is 0 Å². The van der Waals surface area contributed by atoms with Crippen LogP contribution in [-0.4, -0.2) is 42.7 Å². The lowest BCUT2D eigenvalue weighted by atomic mass is 10.2. The van der Waals surface area contributed by atoms with Gasteiger partial charge in [-0.15, -0.1) is 11.3 Å². The van der Waals surface area contributed by atoms with Crippen LogP contribution in [0.4, 0.5) is 13.2 Å². The minimum Gasteiger partial charge on any atom is -0.368 e. The molecule has 0 radical (unpaired) electrons. The van der Waals surface area contributed by atoms with Crippen molar-refractivity contribution in [1.29, 1.82) is 0 Å². The van der Waals surface area contributed by atoms with E-state index < -0.39 is 11.9 Å². The summed E-state index contributed by atoms with van der Waals surface area (Å²) in [7, 11) is 1.62. The van der Waals surface area contributed by atoms with Gasteiger partial charge in [0.05, 0.1) is 11.5 Å². The highest BCUT2D eigenvalue weighted by Gasteiger charge is 2.38. The summed E-state index contributed by atoms with van der Waals surface area (Å²) in [4.78, 5) is 6.23. The molecule has 120 valence electrons. The minimum absolute atomic E-state index is 0.160. The summed E-state index contributed by atoms with van der Waals surface area (Å²) in [5.41, 5.74) is -0.790. The fraction of sp³-hybridized carbons (Fsp3) is 0.769. The number of nitrogens with one attached hydrogen (secondary N) is 1. The Morgan fingerprint density at radius 1 is 1.48 bits per heavy atom. The predicted molar refractivity (Wildman–Crippen MR) is 75.3 cm³/mol. The Morgan fingerprint density at radius 3 is 2.76 bits per heavy atom. The van der Waals surface area contributed by atoms with Crippen molar-refractivity contribution in [3.63, 3.8) is 0 Å². The first-order valence-corrected chi connectivity index (χ1v) is 7.71. The summed E-state index contributed by atoms with van der Waals surface area (Å²) in [6.45, 7) is 6.20. The van der Waals surface area contributed by atoms with Gasteiger partial charge in [-0.3, -0.25) is 4.90 Å². The molecule has 1 atom stereocenters. The van der Waals surface area contributed by atoms with Crippen molar-refractivity contribution < 1.29 is 17.9 Å². The normalized spacial score (nSPS) is 21.2. The molecule has 2 rings (SSSR count). The molecule has 1 unspecified atom stereocenters. The van der Waals surface area contributed by atoms with E-state index in [1.54, 1.807) is 7.05 Å². The molecule has 0 aromatic carbocycles. The van der Waals surface area contributed by atoms with E-state index in [1.165, 1.54) is 0 Å². The number of hydrogen-bond acceptors (Lipinski definition) is 5. The number of halogens is 3. The third-order valence-electron chi connectivity index (χ3n) is 3.42. The van der Waals surface area contributed by atoms with Crippen molar-refractivity contribution in [3.05, 3.63) is 15.6 Å². The van der Waals surface area contributed by atoms with Crippen LogP contribution in [0.5, 0.6) is 0 Å². The molecule has 1 aromatic heterocycles. The Labute approximate surface area is 126 Å². The molecule has 0 amide bonds. The molecule has 1 fully saturated rings. The van der Waals surface area contributed by atoms with Crippen LogP contribution in [0.1, 0.15) is 35.5 Å². The molecule has 1 saturated heterocycles. The van der Waals surface area contributed by atoms with Crippen molar-refractivity contribution in [2.45, 2.75) is 38.7 Å². The second-order valence-electron chi connectivity index (χ2n) is 5.30. The lowest BCUT2D eigenvalue weighted by Gasteiger charge is -2.34. The largest absolute Gasteiger partial charge is 0.434 e. The molecule has 0 bridgehead atoms. The number of rotatable bonds is 4. The lowest BCUT2D eigenvalue weighted by molar-refractivity contribution is -0.141. The van der Waals surface area contributed by atoms with Crippen molar-refractivity contribution in [2.24, 2.45) is 0 Å². The van der Waals surface area contributed by atoms with E-state index in [1.807, 2.05) is 0 Å². The zero-order chi connectivity index (χ0) is 15.6. The van der Waals surface area contributed by atoms with Gasteiger partial charge in [-0.25, -0.2) is 4.98 Å². The fourth-order valence-corrected chi connectivity index (χ4v) is 3.44. The van der Waals surface area contributed by atoms with Gasteiger partial charge in [-0.05, 0) is 20.9 Å². The van der Waals surface area contributed by atoms with Crippen LogP contribution in [0.3, 0.4) is 0 Å². The lowest BCUT2D eigenvalue weighted by Crippen LogP contribution is -2.42. The molecule has 0 spiro atoms. The van der Waals surface area contributed by atoms with E-state index >= 15 is 0 Å². The van der Waals surface area contributed by atoms with Gasteiger partial charge in [0.1, 0.15) is 11.1 Å². The number of hydrogen-bond donors (Lipinski definition) is 1. The number of alkyl halides is 3. The summed E-state index contributed by atoms with van der Waals surface area (Å²) in [6.07, 6.45) is -4.80. The maximum Gasteiger partial charge on any atom is 0.434 e. The SMILES string of the molecule is CNCc1sc(C2CN(C(C)C)CCO2)nc1C(F)(F)F. The summed E-state index contributed by atoms with van der Waals surface area (Å²) < 4.78 is 44.7. The smallest absolute Gasteiger partial charge is 0.368 e. The van der Waals surface area contributed by atoms with E-state index in [9.17, 15) is 13.2 Å². The van der Waals surface area contributed by atoms with Crippen molar-refractivity contribution in [2.75, 3.05) is 26.7 Å². The van der Waals surface area contributed by atoms with Gasteiger partial charge < -0.3 is 10.1 Å². The van der Waals surface area contributed by atoms with Crippen LogP contribution < -0.4 is 5.32 Å². The number of aromatic nitrogens is 1. The van der Waals surface area contributed by atoms with Crippen molar-refractivity contribution >= 4 is 11.3 Å². The molecule has 8 heteroatoms. The van der Waals surface area contributed by atoms with Crippen LogP contribution in [0.15, 0.2) is 0 Å². The van der Waals surface area contributed by atoms with Gasteiger partial charge in [0.2, 0.25) is 0 Å². The molecule has 4 nitrogen and oxygen atoms in total. The highest BCUT2D eigenvalue weighted by molar-refractivity contribution is 7.11. The van der Waals surface area contributed by atoms with E-state index in [0.29, 0.717) is 24.2 Å². The number of thiazole rings is 1. The molecule has 1 aliphatic heterocycles. The second-order valence-corrected chi connectivity index (χ2v) is 6.42. The first-order chi connectivity index (χ1) is 9.82. The molecule has 1 aliphatic rings. The molecule has 0 saturated carbocycles. The van der Waals surface area contributed by atoms with Crippen LogP contribution in [0, 0.1) is 0 Å². The zero-order valence-corrected chi connectivity index (χ0v) is 13.1. The zero-order valence-electron chi connectivity index (χ0n) is 12.3. The third kappa shape index (κ3) is 3.94. The third-order valence-corrected chi connectivity index (χ3v) is 4.57. The number of morpholine rings is 1. The highest BCUT2D eigenvalue weighted by atomic mass is 32.1. The number of ether oxygens (including phenoxy) is 1. The highest BCUT2D eigenvalue weighted by Crippen LogP contribution is 2.37. The van der Waals surface area contributed by atoms with E-state index in [-0.39, 0.29) is 17.5 Å². The maximum absolute atomic E-state index is 13.0. The van der Waals surface area contributed by atoms with Crippen LogP contribution in [0.25, 0.3) is 0 Å². The van der Waals surface area contributed by atoms with Crippen molar-refractivity contribution in [1.82, 2.24) is 15.2 Å². The van der Waals surface area contributed by atoms with Gasteiger partial charge in [-0.1, -0.05) is 0 Å². The monoisotopic (exact) mass is 323 g/mol. The van der Waals surface area contributed by atoms with Gasteiger partial charge >= 0.3 is 6.18 Å². The first kappa shape index (κ1) is 16.7. The molecule has 1 N–H and O–H groups in total. The summed E-state index contributed by atoms with van der Waals surface area (Å²) in [5.74, 6) is 0. The summed E-state index contributed by atoms with van der Waals surface area (Å²) >= 11 is 1.09. The molecule has 0 aliphatic carbocycles. The van der Waals surface area contributed by atoms with Gasteiger partial charge in [0.15, 0.2) is 5.69 Å². The molecule has 1 aromatic rings. The Morgan fingerprint density at radius 2 is 2.19 bits per heavy atom. The Balaban J connectivity index is 2.23.